The molecule has 0 radical (unpaired) electrons. The number of fused-ring (bicyclic) bond motifs is 1. The Morgan fingerprint density at radius 3 is 2.92 bits per heavy atom. The monoisotopic (exact) mass is 189 g/mol. The van der Waals surface area contributed by atoms with Crippen LogP contribution in [0.5, 0.6) is 0 Å². The van der Waals surface area contributed by atoms with Gasteiger partial charge in [-0.15, -0.1) is 11.8 Å². The number of aromatic nitrogens is 1. The number of hydrogen-bond acceptors (Lipinski definition) is 1. The smallest absolute Gasteiger partial charge is 0.0460 e. The minimum atomic E-state index is 1.11. The molecule has 1 heterocycles. The SMILES string of the molecule is C=C(SC)c1c[nH]c2ccccc12. The third-order valence-electron chi connectivity index (χ3n) is 2.14. The molecule has 0 amide bonds. The van der Waals surface area contributed by atoms with E-state index in [1.54, 1.807) is 11.8 Å². The second-order valence-corrected chi connectivity index (χ2v) is 3.78. The molecule has 0 spiro atoms. The number of para-hydroxylation sites is 1. The van der Waals surface area contributed by atoms with Crippen LogP contribution in [0.2, 0.25) is 0 Å². The van der Waals surface area contributed by atoms with Crippen molar-refractivity contribution < 1.29 is 0 Å². The Morgan fingerprint density at radius 2 is 2.15 bits per heavy atom. The largest absolute Gasteiger partial charge is 0.361 e. The molecule has 0 unspecified atom stereocenters. The summed E-state index contributed by atoms with van der Waals surface area (Å²) >= 11 is 1.68. The van der Waals surface area contributed by atoms with E-state index in [9.17, 15) is 0 Å². The number of benzene rings is 1. The normalized spacial score (nSPS) is 10.5. The minimum Gasteiger partial charge on any atom is -0.361 e. The van der Waals surface area contributed by atoms with Gasteiger partial charge in [0.15, 0.2) is 0 Å². The summed E-state index contributed by atoms with van der Waals surface area (Å²) < 4.78 is 0. The van der Waals surface area contributed by atoms with Crippen LogP contribution < -0.4 is 0 Å². The maximum absolute atomic E-state index is 4.01. The first-order chi connectivity index (χ1) is 6.33. The van der Waals surface area contributed by atoms with Gasteiger partial charge in [-0.2, -0.15) is 0 Å². The molecule has 0 atom stereocenters. The maximum Gasteiger partial charge on any atom is 0.0460 e. The number of hydrogen-bond donors (Lipinski definition) is 1. The lowest BCUT2D eigenvalue weighted by atomic mass is 10.2. The van der Waals surface area contributed by atoms with E-state index in [4.69, 9.17) is 0 Å². The lowest BCUT2D eigenvalue weighted by Gasteiger charge is -1.98. The highest BCUT2D eigenvalue weighted by molar-refractivity contribution is 8.07. The van der Waals surface area contributed by atoms with Crippen molar-refractivity contribution in [2.24, 2.45) is 0 Å². The lowest BCUT2D eigenvalue weighted by molar-refractivity contribution is 1.47. The summed E-state index contributed by atoms with van der Waals surface area (Å²) in [4.78, 5) is 4.34. The zero-order chi connectivity index (χ0) is 9.26. The Labute approximate surface area is 81.9 Å². The average Bonchev–Trinajstić information content (AvgIpc) is 2.60. The van der Waals surface area contributed by atoms with Crippen molar-refractivity contribution in [3.05, 3.63) is 42.6 Å². The van der Waals surface area contributed by atoms with Crippen LogP contribution >= 0.6 is 11.8 Å². The predicted octanol–water partition coefficient (Wildman–Crippen LogP) is 3.50. The molecule has 66 valence electrons. The maximum atomic E-state index is 4.01. The van der Waals surface area contributed by atoms with E-state index >= 15 is 0 Å². The average molecular weight is 189 g/mol. The summed E-state index contributed by atoms with van der Waals surface area (Å²) in [6.07, 6.45) is 4.06. The van der Waals surface area contributed by atoms with Crippen molar-refractivity contribution in [2.75, 3.05) is 6.26 Å². The standard InChI is InChI=1S/C11H11NS/c1-8(13-2)10-7-12-11-6-4-3-5-9(10)11/h3-7,12H,1H2,2H3. The molecule has 0 aliphatic rings. The molecule has 0 saturated heterocycles. The fourth-order valence-corrected chi connectivity index (χ4v) is 1.80. The predicted molar refractivity (Wildman–Crippen MR) is 60.8 cm³/mol. The quantitative estimate of drug-likeness (QED) is 0.764. The van der Waals surface area contributed by atoms with E-state index in [0.29, 0.717) is 0 Å². The van der Waals surface area contributed by atoms with Crippen LogP contribution in [0.1, 0.15) is 5.56 Å². The van der Waals surface area contributed by atoms with Crippen LogP contribution in [-0.4, -0.2) is 11.2 Å². The zero-order valence-electron chi connectivity index (χ0n) is 7.50. The van der Waals surface area contributed by atoms with E-state index in [2.05, 4.69) is 23.7 Å². The summed E-state index contributed by atoms with van der Waals surface area (Å²) in [5.41, 5.74) is 2.39. The fourth-order valence-electron chi connectivity index (χ4n) is 1.41. The number of thioether (sulfide) groups is 1. The Balaban J connectivity index is 2.64. The molecule has 0 bridgehead atoms. The van der Waals surface area contributed by atoms with Crippen molar-refractivity contribution in [3.63, 3.8) is 0 Å². The molecule has 1 N–H and O–H groups in total. The van der Waals surface area contributed by atoms with Gasteiger partial charge in [-0.1, -0.05) is 24.8 Å². The molecule has 2 aromatic rings. The van der Waals surface area contributed by atoms with Gasteiger partial charge in [0.05, 0.1) is 0 Å². The molecule has 0 saturated carbocycles. The molecular formula is C11H11NS. The van der Waals surface area contributed by atoms with Gasteiger partial charge in [0.1, 0.15) is 0 Å². The summed E-state index contributed by atoms with van der Waals surface area (Å²) in [5.74, 6) is 0. The van der Waals surface area contributed by atoms with Crippen molar-refractivity contribution in [2.45, 2.75) is 0 Å². The number of nitrogens with one attached hydrogen (secondary N) is 1. The van der Waals surface area contributed by atoms with Crippen molar-refractivity contribution >= 4 is 27.6 Å². The molecule has 1 aromatic heterocycles. The third kappa shape index (κ3) is 1.38. The highest BCUT2D eigenvalue weighted by Gasteiger charge is 2.04. The van der Waals surface area contributed by atoms with Gasteiger partial charge in [0, 0.05) is 27.6 Å². The molecule has 2 heteroatoms. The van der Waals surface area contributed by atoms with Gasteiger partial charge in [0.25, 0.3) is 0 Å². The molecule has 1 aromatic carbocycles. The second-order valence-electron chi connectivity index (χ2n) is 2.88. The molecular weight excluding hydrogens is 178 g/mol. The van der Waals surface area contributed by atoms with Crippen LogP contribution in [0.15, 0.2) is 37.0 Å². The van der Waals surface area contributed by atoms with Gasteiger partial charge in [0.2, 0.25) is 0 Å². The Bertz CT molecular complexity index is 442. The first-order valence-electron chi connectivity index (χ1n) is 4.12. The first-order valence-corrected chi connectivity index (χ1v) is 5.35. The van der Waals surface area contributed by atoms with Gasteiger partial charge >= 0.3 is 0 Å². The molecule has 2 rings (SSSR count). The first kappa shape index (κ1) is 8.45. The van der Waals surface area contributed by atoms with Crippen LogP contribution in [0, 0.1) is 0 Å². The fraction of sp³-hybridized carbons (Fsp3) is 0.0909. The number of aromatic amines is 1. The highest BCUT2D eigenvalue weighted by Crippen LogP contribution is 2.29. The van der Waals surface area contributed by atoms with Crippen molar-refractivity contribution in [1.82, 2.24) is 4.98 Å². The van der Waals surface area contributed by atoms with E-state index in [0.717, 1.165) is 4.91 Å². The third-order valence-corrected chi connectivity index (χ3v) is 2.85. The summed E-state index contributed by atoms with van der Waals surface area (Å²) in [5, 5.41) is 1.25. The summed E-state index contributed by atoms with van der Waals surface area (Å²) in [6, 6.07) is 8.27. The molecule has 1 nitrogen and oxygen atoms in total. The second kappa shape index (κ2) is 3.30. The molecule has 13 heavy (non-hydrogen) atoms. The Kier molecular flexibility index (Phi) is 2.15. The number of H-pyrrole nitrogens is 1. The van der Waals surface area contributed by atoms with Crippen LogP contribution in [-0.2, 0) is 0 Å². The van der Waals surface area contributed by atoms with E-state index in [-0.39, 0.29) is 0 Å². The molecule has 0 aliphatic heterocycles. The number of rotatable bonds is 2. The molecule has 0 fully saturated rings. The Hall–Kier alpha value is -1.15. The van der Waals surface area contributed by atoms with E-state index in [1.807, 2.05) is 24.6 Å². The van der Waals surface area contributed by atoms with Gasteiger partial charge in [-0.3, -0.25) is 0 Å². The van der Waals surface area contributed by atoms with E-state index < -0.39 is 0 Å². The minimum absolute atomic E-state index is 1.11. The van der Waals surface area contributed by atoms with Crippen LogP contribution in [0.25, 0.3) is 15.8 Å². The summed E-state index contributed by atoms with van der Waals surface area (Å²) in [7, 11) is 0. The van der Waals surface area contributed by atoms with Gasteiger partial charge in [-0.05, 0) is 12.3 Å². The van der Waals surface area contributed by atoms with Crippen LogP contribution in [0.4, 0.5) is 0 Å². The highest BCUT2D eigenvalue weighted by atomic mass is 32.2. The van der Waals surface area contributed by atoms with E-state index in [1.165, 1.54) is 16.5 Å². The zero-order valence-corrected chi connectivity index (χ0v) is 8.32. The topological polar surface area (TPSA) is 15.8 Å². The Morgan fingerprint density at radius 1 is 1.38 bits per heavy atom. The van der Waals surface area contributed by atoms with Gasteiger partial charge in [-0.25, -0.2) is 0 Å². The summed E-state index contributed by atoms with van der Waals surface area (Å²) in [6.45, 7) is 4.01. The van der Waals surface area contributed by atoms with Gasteiger partial charge < -0.3 is 4.98 Å². The molecule has 0 aliphatic carbocycles. The lowest BCUT2D eigenvalue weighted by Crippen LogP contribution is -1.72. The van der Waals surface area contributed by atoms with Crippen molar-refractivity contribution in [3.8, 4) is 0 Å². The van der Waals surface area contributed by atoms with Crippen molar-refractivity contribution in [1.29, 1.82) is 0 Å². The van der Waals surface area contributed by atoms with Crippen LogP contribution in [0.3, 0.4) is 0 Å².